The first-order chi connectivity index (χ1) is 21.6. The van der Waals surface area contributed by atoms with Crippen molar-refractivity contribution in [2.24, 2.45) is 17.8 Å². The second-order valence-corrected chi connectivity index (χ2v) is 13.7. The minimum Gasteiger partial charge on any atom is -0.457 e. The molecule has 3 heterocycles. The Bertz CT molecular complexity index is 1130. The lowest BCUT2D eigenvalue weighted by atomic mass is 9.88. The van der Waals surface area contributed by atoms with Crippen LogP contribution >= 0.6 is 0 Å². The quantitative estimate of drug-likeness (QED) is 0.147. The summed E-state index contributed by atoms with van der Waals surface area (Å²) >= 11 is 0. The van der Waals surface area contributed by atoms with Crippen LogP contribution in [0.2, 0.25) is 0 Å². The predicted molar refractivity (Wildman–Crippen MR) is 174 cm³/mol. The Labute approximate surface area is 274 Å². The van der Waals surface area contributed by atoms with E-state index in [1.165, 1.54) is 11.8 Å². The summed E-state index contributed by atoms with van der Waals surface area (Å²) in [5, 5.41) is 32.1. The molecule has 3 N–H and O–H groups in total. The molecule has 3 aliphatic heterocycles. The van der Waals surface area contributed by atoms with Gasteiger partial charge in [-0.3, -0.25) is 9.59 Å². The number of allylic oxidation sites excluding steroid dienone is 3. The van der Waals surface area contributed by atoms with E-state index in [-0.39, 0.29) is 61.2 Å². The number of esters is 1. The summed E-state index contributed by atoms with van der Waals surface area (Å²) in [6.07, 6.45) is 7.45. The maximum atomic E-state index is 13.1. The lowest BCUT2D eigenvalue weighted by Crippen LogP contribution is -2.52. The molecule has 2 fully saturated rings. The summed E-state index contributed by atoms with van der Waals surface area (Å²) in [5.41, 5.74) is -0.711. The van der Waals surface area contributed by atoms with Gasteiger partial charge in [-0.25, -0.2) is 4.79 Å². The highest BCUT2D eigenvalue weighted by atomic mass is 16.6. The highest BCUT2D eigenvalue weighted by Gasteiger charge is 2.45. The van der Waals surface area contributed by atoms with Gasteiger partial charge < -0.3 is 39.3 Å². The number of aliphatic hydroxyl groups is 3. The molecular weight excluding hydrogens is 592 g/mol. The first-order valence-corrected chi connectivity index (χ1v) is 16.8. The molecule has 0 aromatic rings. The Morgan fingerprint density at radius 1 is 1.15 bits per heavy atom. The van der Waals surface area contributed by atoms with Crippen molar-refractivity contribution in [1.29, 1.82) is 0 Å². The first kappa shape index (κ1) is 37.7. The zero-order valence-electron chi connectivity index (χ0n) is 28.6. The number of epoxide rings is 1. The molecule has 0 bridgehead atoms. The van der Waals surface area contributed by atoms with Gasteiger partial charge in [-0.2, -0.15) is 0 Å². The molecule has 0 aromatic carbocycles. The summed E-state index contributed by atoms with van der Waals surface area (Å²) in [7, 11) is 0. The van der Waals surface area contributed by atoms with E-state index < -0.39 is 36.0 Å². The second kappa shape index (κ2) is 16.9. The molecule has 3 rings (SSSR count). The zero-order valence-corrected chi connectivity index (χ0v) is 28.6. The van der Waals surface area contributed by atoms with Gasteiger partial charge in [-0.1, -0.05) is 52.0 Å². The smallest absolute Gasteiger partial charge is 0.410 e. The fourth-order valence-electron chi connectivity index (χ4n) is 6.17. The van der Waals surface area contributed by atoms with E-state index in [1.807, 2.05) is 39.8 Å². The second-order valence-electron chi connectivity index (χ2n) is 13.7. The molecule has 0 radical (unpaired) electrons. The van der Waals surface area contributed by atoms with Gasteiger partial charge in [0.1, 0.15) is 11.7 Å². The van der Waals surface area contributed by atoms with Crippen LogP contribution in [0, 0.1) is 17.8 Å². The van der Waals surface area contributed by atoms with Crippen LogP contribution in [-0.4, -0.2) is 111 Å². The molecule has 3 aliphatic rings. The van der Waals surface area contributed by atoms with E-state index in [0.29, 0.717) is 32.6 Å². The van der Waals surface area contributed by atoms with Gasteiger partial charge in [0.05, 0.1) is 30.8 Å². The van der Waals surface area contributed by atoms with Gasteiger partial charge in [0.15, 0.2) is 6.10 Å². The van der Waals surface area contributed by atoms with Crippen LogP contribution in [0.15, 0.2) is 36.0 Å². The van der Waals surface area contributed by atoms with Crippen molar-refractivity contribution in [2.45, 2.75) is 123 Å². The van der Waals surface area contributed by atoms with Crippen LogP contribution < -0.4 is 0 Å². The summed E-state index contributed by atoms with van der Waals surface area (Å²) < 4.78 is 17.5. The molecule has 0 aliphatic carbocycles. The van der Waals surface area contributed by atoms with Crippen molar-refractivity contribution in [1.82, 2.24) is 9.80 Å². The zero-order chi connectivity index (χ0) is 34.2. The van der Waals surface area contributed by atoms with Crippen LogP contribution in [0.4, 0.5) is 4.79 Å². The van der Waals surface area contributed by atoms with Gasteiger partial charge in [0.2, 0.25) is 5.91 Å². The fourth-order valence-corrected chi connectivity index (χ4v) is 6.17. The van der Waals surface area contributed by atoms with Crippen molar-refractivity contribution in [3.63, 3.8) is 0 Å². The maximum absolute atomic E-state index is 13.1. The highest BCUT2D eigenvalue weighted by molar-refractivity contribution is 5.74. The Kier molecular flexibility index (Phi) is 13.9. The Morgan fingerprint density at radius 3 is 2.43 bits per heavy atom. The van der Waals surface area contributed by atoms with Crippen molar-refractivity contribution < 1.29 is 43.9 Å². The third-order valence-corrected chi connectivity index (χ3v) is 9.55. The van der Waals surface area contributed by atoms with Crippen molar-refractivity contribution in [3.8, 4) is 0 Å². The third kappa shape index (κ3) is 10.9. The average Bonchev–Trinajstić information content (AvgIpc) is 3.77. The Morgan fingerprint density at radius 2 is 1.80 bits per heavy atom. The summed E-state index contributed by atoms with van der Waals surface area (Å²) in [6.45, 7) is 14.4. The van der Waals surface area contributed by atoms with Crippen LogP contribution in [-0.2, 0) is 23.8 Å². The molecule has 11 nitrogen and oxygen atoms in total. The first-order valence-electron chi connectivity index (χ1n) is 16.8. The maximum Gasteiger partial charge on any atom is 0.410 e. The Hall–Kier alpha value is -2.73. The number of carbonyl (C=O) groups is 3. The molecule has 0 saturated carbocycles. The highest BCUT2D eigenvalue weighted by Crippen LogP contribution is 2.36. The number of carbonyl (C=O) groups excluding carboxylic acids is 3. The number of piperazine rings is 1. The average molecular weight is 649 g/mol. The van der Waals surface area contributed by atoms with Gasteiger partial charge >= 0.3 is 12.1 Å². The Balaban J connectivity index is 1.71. The lowest BCUT2D eigenvalue weighted by Gasteiger charge is -2.37. The molecule has 0 aromatic heterocycles. The van der Waals surface area contributed by atoms with Crippen molar-refractivity contribution in [3.05, 3.63) is 36.0 Å². The van der Waals surface area contributed by atoms with Gasteiger partial charge in [0.25, 0.3) is 0 Å². The van der Waals surface area contributed by atoms with E-state index in [1.54, 1.807) is 24.0 Å². The molecular formula is C35H56N2O9. The van der Waals surface area contributed by atoms with Crippen molar-refractivity contribution in [2.75, 3.05) is 26.2 Å². The summed E-state index contributed by atoms with van der Waals surface area (Å²) in [6, 6.07) is 0. The molecule has 2 saturated heterocycles. The van der Waals surface area contributed by atoms with E-state index in [0.717, 1.165) is 12.0 Å². The third-order valence-electron chi connectivity index (χ3n) is 9.55. The number of nitrogens with zero attached hydrogens (tertiary/aromatic N) is 2. The normalized spacial score (nSPS) is 34.1. The summed E-state index contributed by atoms with van der Waals surface area (Å²) in [4.78, 5) is 40.8. The SMILES string of the molecule is CCC(O)C(C)C1OC1CC(C)/C=C/C=C(\C)C1OC(=O)CC(O)CCC(C)(O)C(OC(=O)N2CCN(C(C)=O)CC2)/C=C\C1C. The standard InChI is InChI=1S/C35H56N2O9/c1-8-28(40)25(5)33-29(44-33)20-22(2)10-9-11-23(3)32-24(4)12-13-30(35(7,43)15-14-27(39)21-31(41)46-32)45-34(42)37-18-16-36(17-19-37)26(6)38/h9-13,22,24-25,27-30,32-33,39-40,43H,8,14-21H2,1-7H3/b10-9+,13-12-,23-11+. The topological polar surface area (TPSA) is 149 Å². The monoisotopic (exact) mass is 648 g/mol. The minimum atomic E-state index is -1.51. The minimum absolute atomic E-state index is 0.0460. The van der Waals surface area contributed by atoms with Crippen LogP contribution in [0.5, 0.6) is 0 Å². The summed E-state index contributed by atoms with van der Waals surface area (Å²) in [5.74, 6) is -0.580. The molecule has 46 heavy (non-hydrogen) atoms. The van der Waals surface area contributed by atoms with Crippen molar-refractivity contribution >= 4 is 18.0 Å². The van der Waals surface area contributed by atoms with Gasteiger partial charge in [-0.15, -0.1) is 0 Å². The molecule has 0 spiro atoms. The van der Waals surface area contributed by atoms with Gasteiger partial charge in [-0.05, 0) is 57.1 Å². The fraction of sp³-hybridized carbons (Fsp3) is 0.743. The number of hydrogen-bond acceptors (Lipinski definition) is 9. The van der Waals surface area contributed by atoms with E-state index >= 15 is 0 Å². The van der Waals surface area contributed by atoms with E-state index in [4.69, 9.17) is 14.2 Å². The number of amides is 2. The van der Waals surface area contributed by atoms with Crippen LogP contribution in [0.25, 0.3) is 0 Å². The van der Waals surface area contributed by atoms with E-state index in [9.17, 15) is 29.7 Å². The molecule has 260 valence electrons. The number of cyclic esters (lactones) is 1. The van der Waals surface area contributed by atoms with Crippen LogP contribution in [0.1, 0.15) is 80.6 Å². The van der Waals surface area contributed by atoms with E-state index in [2.05, 4.69) is 13.0 Å². The largest absolute Gasteiger partial charge is 0.457 e. The van der Waals surface area contributed by atoms with Crippen LogP contribution in [0.3, 0.4) is 0 Å². The molecule has 11 heteroatoms. The number of aliphatic hydroxyl groups excluding tert-OH is 2. The molecule has 2 amide bonds. The number of ether oxygens (including phenoxy) is 3. The predicted octanol–water partition coefficient (Wildman–Crippen LogP) is 3.76. The molecule has 10 unspecified atom stereocenters. The van der Waals surface area contributed by atoms with Gasteiger partial charge in [0, 0.05) is 44.9 Å². The number of hydrogen-bond donors (Lipinski definition) is 3. The number of rotatable bonds is 9. The lowest BCUT2D eigenvalue weighted by molar-refractivity contribution is -0.151. The molecule has 10 atom stereocenters.